The zero-order chi connectivity index (χ0) is 14.0. The first-order chi connectivity index (χ1) is 9.06. The number of hydrogen-bond acceptors (Lipinski definition) is 4. The maximum atomic E-state index is 9.34. The molecular weight excluding hydrogens is 236 g/mol. The molecule has 1 unspecified atom stereocenters. The highest BCUT2D eigenvalue weighted by Gasteiger charge is 2.27. The lowest BCUT2D eigenvalue weighted by Crippen LogP contribution is -2.34. The molecule has 19 heavy (non-hydrogen) atoms. The van der Waals surface area contributed by atoms with Gasteiger partial charge in [0.1, 0.15) is 6.07 Å². The molecule has 1 aliphatic heterocycles. The molecule has 4 heteroatoms. The summed E-state index contributed by atoms with van der Waals surface area (Å²) in [5.41, 5.74) is 3.61. The summed E-state index contributed by atoms with van der Waals surface area (Å²) in [6.07, 6.45) is 1.16. The molecule has 2 rings (SSSR count). The maximum Gasteiger partial charge on any atom is 0.103 e. The molecule has 1 fully saturated rings. The van der Waals surface area contributed by atoms with Crippen LogP contribution in [0.25, 0.3) is 0 Å². The highest BCUT2D eigenvalue weighted by Crippen LogP contribution is 2.27. The van der Waals surface area contributed by atoms with E-state index in [1.165, 1.54) is 0 Å². The number of pyridine rings is 1. The summed E-state index contributed by atoms with van der Waals surface area (Å²) >= 11 is 0. The van der Waals surface area contributed by atoms with Gasteiger partial charge in [0.15, 0.2) is 0 Å². The monoisotopic (exact) mass is 258 g/mol. The van der Waals surface area contributed by atoms with Crippen LogP contribution in [-0.4, -0.2) is 42.6 Å². The molecule has 1 aromatic heterocycles. The summed E-state index contributed by atoms with van der Waals surface area (Å²) in [5.74, 6) is 0. The minimum atomic E-state index is 0.588. The predicted octanol–water partition coefficient (Wildman–Crippen LogP) is 2.10. The van der Waals surface area contributed by atoms with Gasteiger partial charge in [-0.15, -0.1) is 0 Å². The summed E-state index contributed by atoms with van der Waals surface area (Å²) < 4.78 is 0. The highest BCUT2D eigenvalue weighted by atomic mass is 15.2. The van der Waals surface area contributed by atoms with Crippen LogP contribution in [0.5, 0.6) is 0 Å². The number of anilines is 1. The molecule has 102 valence electrons. The van der Waals surface area contributed by atoms with Crippen LogP contribution >= 0.6 is 0 Å². The van der Waals surface area contributed by atoms with E-state index in [0.717, 1.165) is 48.7 Å². The molecule has 2 heterocycles. The number of aryl methyl sites for hydroxylation is 2. The van der Waals surface area contributed by atoms with E-state index in [4.69, 9.17) is 0 Å². The van der Waals surface area contributed by atoms with E-state index in [2.05, 4.69) is 34.8 Å². The molecule has 0 aromatic carbocycles. The summed E-state index contributed by atoms with van der Waals surface area (Å²) in [7, 11) is 2.17. The van der Waals surface area contributed by atoms with Crippen LogP contribution in [0.1, 0.15) is 30.3 Å². The molecule has 1 aliphatic rings. The predicted molar refractivity (Wildman–Crippen MR) is 77.3 cm³/mol. The lowest BCUT2D eigenvalue weighted by atomic mass is 10.1. The van der Waals surface area contributed by atoms with Gasteiger partial charge in [0.25, 0.3) is 0 Å². The van der Waals surface area contributed by atoms with Crippen molar-refractivity contribution in [3.8, 4) is 6.07 Å². The second-order valence-electron chi connectivity index (χ2n) is 5.32. The van der Waals surface area contributed by atoms with Crippen molar-refractivity contribution < 1.29 is 0 Å². The summed E-state index contributed by atoms with van der Waals surface area (Å²) in [5, 5.41) is 9.34. The molecule has 1 aromatic rings. The number of hydrogen-bond donors (Lipinski definition) is 0. The third-order valence-corrected chi connectivity index (χ3v) is 4.05. The van der Waals surface area contributed by atoms with Gasteiger partial charge in [-0.25, -0.2) is 0 Å². The number of nitrogens with zero attached hydrogens (tertiary/aromatic N) is 4. The second-order valence-corrected chi connectivity index (χ2v) is 5.32. The van der Waals surface area contributed by atoms with E-state index in [0.29, 0.717) is 6.04 Å². The zero-order valence-electron chi connectivity index (χ0n) is 12.3. The third kappa shape index (κ3) is 2.71. The van der Waals surface area contributed by atoms with E-state index < -0.39 is 0 Å². The number of aromatic nitrogens is 1. The summed E-state index contributed by atoms with van der Waals surface area (Å²) in [6, 6.07) is 4.94. The van der Waals surface area contributed by atoms with E-state index in [-0.39, 0.29) is 0 Å². The van der Waals surface area contributed by atoms with E-state index >= 15 is 0 Å². The maximum absolute atomic E-state index is 9.34. The van der Waals surface area contributed by atoms with Crippen molar-refractivity contribution in [2.24, 2.45) is 0 Å². The molecule has 0 spiro atoms. The molecule has 4 nitrogen and oxygen atoms in total. The van der Waals surface area contributed by atoms with Crippen molar-refractivity contribution in [1.82, 2.24) is 9.88 Å². The SMILES string of the molecule is CCN(C)C1CCN(c2cc(C)nc(C)c2C#N)C1. The van der Waals surface area contributed by atoms with Gasteiger partial charge in [0.2, 0.25) is 0 Å². The Hall–Kier alpha value is -1.60. The van der Waals surface area contributed by atoms with Gasteiger partial charge in [0, 0.05) is 24.8 Å². The summed E-state index contributed by atoms with van der Waals surface area (Å²) in [6.45, 7) is 9.18. The summed E-state index contributed by atoms with van der Waals surface area (Å²) in [4.78, 5) is 9.10. The molecule has 0 radical (unpaired) electrons. The molecule has 0 amide bonds. The van der Waals surface area contributed by atoms with Gasteiger partial charge in [0.05, 0.1) is 16.9 Å². The van der Waals surface area contributed by atoms with E-state index in [9.17, 15) is 5.26 Å². The molecule has 1 saturated heterocycles. The van der Waals surface area contributed by atoms with E-state index in [1.54, 1.807) is 0 Å². The minimum Gasteiger partial charge on any atom is -0.369 e. The van der Waals surface area contributed by atoms with Crippen molar-refractivity contribution in [3.63, 3.8) is 0 Å². The fourth-order valence-electron chi connectivity index (χ4n) is 2.77. The standard InChI is InChI=1S/C15H22N4/c1-5-18(4)13-6-7-19(10-13)15-8-11(2)17-12(3)14(15)9-16/h8,13H,5-7,10H2,1-4H3. The Bertz CT molecular complexity index is 504. The normalized spacial score (nSPS) is 18.9. The van der Waals surface area contributed by atoms with Crippen LogP contribution in [0, 0.1) is 25.2 Å². The second kappa shape index (κ2) is 5.58. The molecule has 1 atom stereocenters. The zero-order valence-corrected chi connectivity index (χ0v) is 12.3. The smallest absolute Gasteiger partial charge is 0.103 e. The van der Waals surface area contributed by atoms with Crippen LogP contribution in [0.15, 0.2) is 6.07 Å². The lowest BCUT2D eigenvalue weighted by molar-refractivity contribution is 0.272. The number of nitriles is 1. The van der Waals surface area contributed by atoms with Crippen molar-refractivity contribution in [2.75, 3.05) is 31.6 Å². The Morgan fingerprint density at radius 2 is 2.26 bits per heavy atom. The number of likely N-dealkylation sites (N-methyl/N-ethyl adjacent to an activating group) is 1. The third-order valence-electron chi connectivity index (χ3n) is 4.05. The van der Waals surface area contributed by atoms with Crippen LogP contribution in [0.4, 0.5) is 5.69 Å². The Balaban J connectivity index is 2.27. The molecular formula is C15H22N4. The van der Waals surface area contributed by atoms with Gasteiger partial charge in [-0.3, -0.25) is 4.98 Å². The molecule has 0 bridgehead atoms. The molecule has 0 saturated carbocycles. The first-order valence-electron chi connectivity index (χ1n) is 6.90. The van der Waals surface area contributed by atoms with E-state index in [1.807, 2.05) is 19.9 Å². The van der Waals surface area contributed by atoms with Gasteiger partial charge < -0.3 is 9.80 Å². The van der Waals surface area contributed by atoms with Crippen molar-refractivity contribution in [3.05, 3.63) is 23.0 Å². The largest absolute Gasteiger partial charge is 0.369 e. The van der Waals surface area contributed by atoms with Crippen molar-refractivity contribution in [1.29, 1.82) is 5.26 Å². The number of rotatable bonds is 3. The molecule has 0 N–H and O–H groups in total. The minimum absolute atomic E-state index is 0.588. The average molecular weight is 258 g/mol. The highest BCUT2D eigenvalue weighted by molar-refractivity contribution is 5.62. The van der Waals surface area contributed by atoms with Crippen molar-refractivity contribution in [2.45, 2.75) is 33.2 Å². The Morgan fingerprint density at radius 3 is 2.89 bits per heavy atom. The average Bonchev–Trinajstić information content (AvgIpc) is 2.86. The van der Waals surface area contributed by atoms with Crippen LogP contribution in [-0.2, 0) is 0 Å². The fraction of sp³-hybridized carbons (Fsp3) is 0.600. The molecule has 0 aliphatic carbocycles. The quantitative estimate of drug-likeness (QED) is 0.832. The first kappa shape index (κ1) is 13.8. The van der Waals surface area contributed by atoms with Gasteiger partial charge in [-0.1, -0.05) is 6.92 Å². The Morgan fingerprint density at radius 1 is 1.53 bits per heavy atom. The van der Waals surface area contributed by atoms with Gasteiger partial charge in [-0.2, -0.15) is 5.26 Å². The van der Waals surface area contributed by atoms with Gasteiger partial charge in [-0.05, 0) is 39.9 Å². The van der Waals surface area contributed by atoms with Crippen LogP contribution in [0.2, 0.25) is 0 Å². The van der Waals surface area contributed by atoms with Crippen LogP contribution in [0.3, 0.4) is 0 Å². The Labute approximate surface area is 115 Å². The van der Waals surface area contributed by atoms with Crippen molar-refractivity contribution >= 4 is 5.69 Å². The van der Waals surface area contributed by atoms with Crippen LogP contribution < -0.4 is 4.90 Å². The Kier molecular flexibility index (Phi) is 4.06. The lowest BCUT2D eigenvalue weighted by Gasteiger charge is -2.25. The van der Waals surface area contributed by atoms with Gasteiger partial charge >= 0.3 is 0 Å². The topological polar surface area (TPSA) is 43.2 Å². The first-order valence-corrected chi connectivity index (χ1v) is 6.90. The fourth-order valence-corrected chi connectivity index (χ4v) is 2.77.